The van der Waals surface area contributed by atoms with Gasteiger partial charge in [0.2, 0.25) is 5.95 Å². The van der Waals surface area contributed by atoms with E-state index < -0.39 is 0 Å². The molecule has 0 unspecified atom stereocenters. The Morgan fingerprint density at radius 3 is 2.48 bits per heavy atom. The van der Waals surface area contributed by atoms with Gasteiger partial charge in [0.1, 0.15) is 0 Å². The van der Waals surface area contributed by atoms with Crippen molar-refractivity contribution in [3.8, 4) is 0 Å². The van der Waals surface area contributed by atoms with Crippen molar-refractivity contribution in [3.63, 3.8) is 0 Å². The van der Waals surface area contributed by atoms with E-state index in [1.165, 1.54) is 24.1 Å². The average molecular weight is 396 g/mol. The van der Waals surface area contributed by atoms with Gasteiger partial charge in [0.25, 0.3) is 5.56 Å². The number of hydrogen-bond donors (Lipinski definition) is 1. The number of fused-ring (bicyclic) bond motifs is 1. The van der Waals surface area contributed by atoms with Gasteiger partial charge in [-0.2, -0.15) is 0 Å². The van der Waals surface area contributed by atoms with E-state index in [2.05, 4.69) is 43.9 Å². The van der Waals surface area contributed by atoms with Gasteiger partial charge in [0, 0.05) is 57.1 Å². The minimum Gasteiger partial charge on any atom is -0.378 e. The summed E-state index contributed by atoms with van der Waals surface area (Å²) < 4.78 is 5.44. The molecule has 0 amide bonds. The van der Waals surface area contributed by atoms with Crippen LogP contribution in [0.2, 0.25) is 0 Å². The van der Waals surface area contributed by atoms with E-state index in [0.717, 1.165) is 82.7 Å². The third-order valence-electron chi connectivity index (χ3n) is 6.26. The number of aromatic amines is 1. The van der Waals surface area contributed by atoms with Crippen molar-refractivity contribution in [1.82, 2.24) is 14.9 Å². The van der Waals surface area contributed by atoms with Crippen LogP contribution in [-0.2, 0) is 24.2 Å². The van der Waals surface area contributed by atoms with Gasteiger partial charge >= 0.3 is 0 Å². The molecule has 1 N–H and O–H groups in total. The quantitative estimate of drug-likeness (QED) is 0.851. The van der Waals surface area contributed by atoms with E-state index in [0.29, 0.717) is 0 Å². The number of aromatic nitrogens is 2. The Hall–Kier alpha value is -2.38. The third-order valence-corrected chi connectivity index (χ3v) is 6.26. The number of morpholine rings is 1. The summed E-state index contributed by atoms with van der Waals surface area (Å²) >= 11 is 0. The Morgan fingerprint density at radius 1 is 0.966 bits per heavy atom. The van der Waals surface area contributed by atoms with Crippen LogP contribution in [0.15, 0.2) is 29.1 Å². The normalized spacial score (nSPS) is 20.1. The highest BCUT2D eigenvalue weighted by Gasteiger charge is 2.23. The lowest BCUT2D eigenvalue weighted by Gasteiger charge is -2.30. The van der Waals surface area contributed by atoms with Gasteiger partial charge in [-0.05, 0) is 37.0 Å². The maximum absolute atomic E-state index is 12.5. The summed E-state index contributed by atoms with van der Waals surface area (Å²) in [7, 11) is 0. The maximum atomic E-state index is 12.5. The summed E-state index contributed by atoms with van der Waals surface area (Å²) in [5, 5.41) is 0. The van der Waals surface area contributed by atoms with Crippen molar-refractivity contribution in [3.05, 3.63) is 51.4 Å². The zero-order valence-electron chi connectivity index (χ0n) is 16.9. The van der Waals surface area contributed by atoms with E-state index >= 15 is 0 Å². The number of rotatable bonds is 4. The molecule has 1 aromatic carbocycles. The van der Waals surface area contributed by atoms with Crippen molar-refractivity contribution in [2.24, 2.45) is 0 Å². The molecule has 29 heavy (non-hydrogen) atoms. The molecule has 3 aliphatic heterocycles. The van der Waals surface area contributed by atoms with Crippen LogP contribution < -0.4 is 15.4 Å². The fourth-order valence-electron chi connectivity index (χ4n) is 4.59. The molecule has 0 radical (unpaired) electrons. The number of nitrogens with one attached hydrogen (secondary N) is 1. The molecule has 0 spiro atoms. The summed E-state index contributed by atoms with van der Waals surface area (Å²) in [6.45, 7) is 8.03. The van der Waals surface area contributed by atoms with Crippen LogP contribution in [0, 0.1) is 0 Å². The van der Waals surface area contributed by atoms with E-state index in [9.17, 15) is 4.79 Å². The first kappa shape index (κ1) is 18.6. The van der Waals surface area contributed by atoms with Crippen LogP contribution in [0.5, 0.6) is 0 Å². The van der Waals surface area contributed by atoms with Crippen molar-refractivity contribution in [2.45, 2.75) is 32.4 Å². The van der Waals surface area contributed by atoms with Crippen LogP contribution in [0.4, 0.5) is 11.6 Å². The summed E-state index contributed by atoms with van der Waals surface area (Å²) in [5.74, 6) is 0.753. The third kappa shape index (κ3) is 4.02. The SMILES string of the molecule is O=c1[nH]c(N2CCCC2)nc2c1CCN(Cc1ccc(N3CCOCC3)cc1)C2. The van der Waals surface area contributed by atoms with Crippen LogP contribution in [0.1, 0.15) is 29.7 Å². The molecule has 0 saturated carbocycles. The molecule has 2 fully saturated rings. The molecule has 2 saturated heterocycles. The summed E-state index contributed by atoms with van der Waals surface area (Å²) in [6, 6.07) is 8.88. The molecule has 154 valence electrons. The highest BCUT2D eigenvalue weighted by atomic mass is 16.5. The van der Waals surface area contributed by atoms with Crippen LogP contribution in [-0.4, -0.2) is 60.8 Å². The Bertz CT molecular complexity index is 898. The molecule has 7 heteroatoms. The number of nitrogens with zero attached hydrogens (tertiary/aromatic N) is 4. The number of ether oxygens (including phenoxy) is 1. The predicted molar refractivity (Wildman–Crippen MR) is 114 cm³/mol. The average Bonchev–Trinajstić information content (AvgIpc) is 3.30. The second-order valence-electron chi connectivity index (χ2n) is 8.24. The Balaban J connectivity index is 1.27. The van der Waals surface area contributed by atoms with Gasteiger partial charge in [-0.15, -0.1) is 0 Å². The minimum absolute atomic E-state index is 0.0476. The first-order chi connectivity index (χ1) is 14.3. The number of H-pyrrole nitrogens is 1. The fraction of sp³-hybridized carbons (Fsp3) is 0.545. The van der Waals surface area contributed by atoms with Gasteiger partial charge in [-0.3, -0.25) is 14.7 Å². The second kappa shape index (κ2) is 8.16. The molecule has 5 rings (SSSR count). The van der Waals surface area contributed by atoms with Gasteiger partial charge in [0.15, 0.2) is 0 Å². The highest BCUT2D eigenvalue weighted by molar-refractivity contribution is 5.48. The van der Waals surface area contributed by atoms with E-state index in [1.54, 1.807) is 0 Å². The Morgan fingerprint density at radius 2 is 1.72 bits per heavy atom. The molecule has 4 heterocycles. The minimum atomic E-state index is 0.0476. The second-order valence-corrected chi connectivity index (χ2v) is 8.24. The van der Waals surface area contributed by atoms with E-state index in [4.69, 9.17) is 9.72 Å². The van der Waals surface area contributed by atoms with Crippen LogP contribution >= 0.6 is 0 Å². The molecule has 7 nitrogen and oxygen atoms in total. The smallest absolute Gasteiger partial charge is 0.255 e. The number of anilines is 2. The van der Waals surface area contributed by atoms with Gasteiger partial charge < -0.3 is 14.5 Å². The van der Waals surface area contributed by atoms with Gasteiger partial charge in [-0.25, -0.2) is 4.98 Å². The molecule has 0 aliphatic carbocycles. The number of hydrogen-bond acceptors (Lipinski definition) is 6. The van der Waals surface area contributed by atoms with Gasteiger partial charge in [0.05, 0.1) is 18.9 Å². The summed E-state index contributed by atoms with van der Waals surface area (Å²) in [4.78, 5) is 27.3. The number of benzene rings is 1. The lowest BCUT2D eigenvalue weighted by Crippen LogP contribution is -2.36. The van der Waals surface area contributed by atoms with Crippen molar-refractivity contribution in [1.29, 1.82) is 0 Å². The monoisotopic (exact) mass is 395 g/mol. The van der Waals surface area contributed by atoms with Gasteiger partial charge in [-0.1, -0.05) is 12.1 Å². The summed E-state index contributed by atoms with van der Waals surface area (Å²) in [5.41, 5.74) is 4.43. The van der Waals surface area contributed by atoms with Crippen LogP contribution in [0.25, 0.3) is 0 Å². The fourth-order valence-corrected chi connectivity index (χ4v) is 4.59. The topological polar surface area (TPSA) is 64.7 Å². The molecular formula is C22H29N5O2. The van der Waals surface area contributed by atoms with Crippen molar-refractivity contribution >= 4 is 11.6 Å². The lowest BCUT2D eigenvalue weighted by atomic mass is 10.1. The summed E-state index contributed by atoms with van der Waals surface area (Å²) in [6.07, 6.45) is 3.12. The molecule has 1 aromatic heterocycles. The molecule has 0 bridgehead atoms. The van der Waals surface area contributed by atoms with Crippen molar-refractivity contribution in [2.75, 3.05) is 55.7 Å². The predicted octanol–water partition coefficient (Wildman–Crippen LogP) is 1.76. The first-order valence-corrected chi connectivity index (χ1v) is 10.8. The molecular weight excluding hydrogens is 366 g/mol. The Kier molecular flexibility index (Phi) is 5.24. The highest BCUT2D eigenvalue weighted by Crippen LogP contribution is 2.22. The standard InChI is InChI=1S/C22H29N5O2/c28-21-19-7-10-25(16-20(19)23-22(24-21)27-8-1-2-9-27)15-17-3-5-18(6-4-17)26-11-13-29-14-12-26/h3-6H,1-2,7-16H2,(H,23,24,28). The largest absolute Gasteiger partial charge is 0.378 e. The molecule has 0 atom stereocenters. The van der Waals surface area contributed by atoms with Crippen molar-refractivity contribution < 1.29 is 4.74 Å². The zero-order chi connectivity index (χ0) is 19.6. The van der Waals surface area contributed by atoms with E-state index in [1.807, 2.05) is 0 Å². The molecule has 2 aromatic rings. The van der Waals surface area contributed by atoms with E-state index in [-0.39, 0.29) is 5.56 Å². The Labute approximate surface area is 171 Å². The first-order valence-electron chi connectivity index (χ1n) is 10.8. The molecule has 3 aliphatic rings. The lowest BCUT2D eigenvalue weighted by molar-refractivity contribution is 0.122. The maximum Gasteiger partial charge on any atom is 0.255 e. The zero-order valence-corrected chi connectivity index (χ0v) is 16.9. The van der Waals surface area contributed by atoms with Crippen LogP contribution in [0.3, 0.4) is 0 Å².